The number of ketones is 2. The average molecular weight is 226 g/mol. The van der Waals surface area contributed by atoms with Crippen LogP contribution in [-0.4, -0.2) is 11.6 Å². The first-order chi connectivity index (χ1) is 8.20. The van der Waals surface area contributed by atoms with E-state index in [1.54, 1.807) is 6.08 Å². The zero-order valence-corrected chi connectivity index (χ0v) is 9.61. The molecule has 0 aromatic heterocycles. The zero-order chi connectivity index (χ0) is 11.6. The Morgan fingerprint density at radius 1 is 1.18 bits per heavy atom. The van der Waals surface area contributed by atoms with Crippen LogP contribution < -0.4 is 0 Å². The van der Waals surface area contributed by atoms with Crippen LogP contribution in [0.1, 0.15) is 25.7 Å². The number of allylic oxidation sites excluding steroid dienone is 6. The van der Waals surface area contributed by atoms with Gasteiger partial charge in [-0.1, -0.05) is 18.2 Å². The van der Waals surface area contributed by atoms with Crippen LogP contribution in [0.2, 0.25) is 0 Å². The van der Waals surface area contributed by atoms with Gasteiger partial charge in [-0.3, -0.25) is 9.59 Å². The summed E-state index contributed by atoms with van der Waals surface area (Å²) in [5.74, 6) is 1.29. The molecule has 0 saturated heterocycles. The summed E-state index contributed by atoms with van der Waals surface area (Å²) in [6.45, 7) is 0. The molecule has 2 heteroatoms. The fraction of sp³-hybridized carbons (Fsp3) is 0.467. The highest BCUT2D eigenvalue weighted by Gasteiger charge is 2.51. The largest absolute Gasteiger partial charge is 0.300 e. The van der Waals surface area contributed by atoms with Crippen LogP contribution in [0.25, 0.3) is 0 Å². The predicted molar refractivity (Wildman–Crippen MR) is 63.2 cm³/mol. The Morgan fingerprint density at radius 3 is 2.76 bits per heavy atom. The lowest BCUT2D eigenvalue weighted by Crippen LogP contribution is -2.27. The topological polar surface area (TPSA) is 34.1 Å². The fourth-order valence-corrected chi connectivity index (χ4v) is 4.16. The van der Waals surface area contributed by atoms with E-state index in [1.165, 1.54) is 5.57 Å². The molecule has 0 heterocycles. The van der Waals surface area contributed by atoms with Crippen molar-refractivity contribution in [2.75, 3.05) is 0 Å². The maximum Gasteiger partial charge on any atom is 0.182 e. The Kier molecular flexibility index (Phi) is 1.61. The first kappa shape index (κ1) is 9.58. The summed E-state index contributed by atoms with van der Waals surface area (Å²) in [6.07, 6.45) is 11.4. The lowest BCUT2D eigenvalue weighted by molar-refractivity contribution is -0.118. The summed E-state index contributed by atoms with van der Waals surface area (Å²) in [6, 6.07) is 0. The smallest absolute Gasteiger partial charge is 0.182 e. The van der Waals surface area contributed by atoms with Crippen molar-refractivity contribution in [1.82, 2.24) is 0 Å². The van der Waals surface area contributed by atoms with E-state index in [4.69, 9.17) is 0 Å². The molecule has 0 aromatic rings. The van der Waals surface area contributed by atoms with Gasteiger partial charge in [-0.25, -0.2) is 0 Å². The van der Waals surface area contributed by atoms with E-state index >= 15 is 0 Å². The van der Waals surface area contributed by atoms with Gasteiger partial charge >= 0.3 is 0 Å². The summed E-state index contributed by atoms with van der Waals surface area (Å²) < 4.78 is 0. The van der Waals surface area contributed by atoms with Crippen LogP contribution in [0.3, 0.4) is 0 Å². The third kappa shape index (κ3) is 1.06. The number of carbonyl (C=O) groups excluding carboxylic acids is 2. The normalized spacial score (nSPS) is 42.1. The summed E-state index contributed by atoms with van der Waals surface area (Å²) in [7, 11) is 0. The van der Waals surface area contributed by atoms with E-state index in [9.17, 15) is 9.59 Å². The molecule has 4 aliphatic rings. The Balaban J connectivity index is 1.89. The molecule has 1 saturated carbocycles. The molecular formula is C15H14O2. The van der Waals surface area contributed by atoms with Crippen LogP contribution in [-0.2, 0) is 9.59 Å². The molecule has 2 nitrogen and oxygen atoms in total. The molecule has 0 aromatic carbocycles. The summed E-state index contributed by atoms with van der Waals surface area (Å²) in [4.78, 5) is 23.7. The minimum atomic E-state index is -0.0928. The van der Waals surface area contributed by atoms with Crippen molar-refractivity contribution in [3.8, 4) is 0 Å². The zero-order valence-electron chi connectivity index (χ0n) is 9.61. The first-order valence-corrected chi connectivity index (χ1v) is 6.38. The lowest BCUT2D eigenvalue weighted by Gasteiger charge is -2.34. The second-order valence-corrected chi connectivity index (χ2v) is 5.73. The molecular weight excluding hydrogens is 212 g/mol. The van der Waals surface area contributed by atoms with Crippen LogP contribution in [0.5, 0.6) is 0 Å². The van der Waals surface area contributed by atoms with Crippen LogP contribution >= 0.6 is 0 Å². The van der Waals surface area contributed by atoms with Gasteiger partial charge in [-0.2, -0.15) is 0 Å². The van der Waals surface area contributed by atoms with E-state index < -0.39 is 0 Å². The van der Waals surface area contributed by atoms with Crippen molar-refractivity contribution in [2.24, 2.45) is 17.3 Å². The number of hydrogen-bond donors (Lipinski definition) is 0. The van der Waals surface area contributed by atoms with Gasteiger partial charge < -0.3 is 0 Å². The van der Waals surface area contributed by atoms with Gasteiger partial charge in [0.15, 0.2) is 5.78 Å². The number of hydrogen-bond acceptors (Lipinski definition) is 2. The van der Waals surface area contributed by atoms with Crippen molar-refractivity contribution in [3.63, 3.8) is 0 Å². The van der Waals surface area contributed by atoms with Gasteiger partial charge in [0.05, 0.1) is 0 Å². The highest BCUT2D eigenvalue weighted by molar-refractivity contribution is 6.08. The minimum absolute atomic E-state index is 0.0928. The van der Waals surface area contributed by atoms with E-state index in [1.807, 2.05) is 6.08 Å². The molecule has 0 aliphatic heterocycles. The highest BCUT2D eigenvalue weighted by Crippen LogP contribution is 2.58. The predicted octanol–water partition coefficient (Wildman–Crippen LogP) is 2.37. The van der Waals surface area contributed by atoms with Gasteiger partial charge in [0.1, 0.15) is 5.78 Å². The van der Waals surface area contributed by atoms with Gasteiger partial charge in [-0.05, 0) is 24.5 Å². The molecule has 0 unspecified atom stereocenters. The number of carbonyl (C=O) groups is 2. The summed E-state index contributed by atoms with van der Waals surface area (Å²) >= 11 is 0. The van der Waals surface area contributed by atoms with Crippen LogP contribution in [0.15, 0.2) is 35.5 Å². The SMILES string of the molecule is O=C1CC[C@]2(C=CC(=O)C3=C2[C@H]2C=C[C@@H]3C2)C1. The van der Waals surface area contributed by atoms with Crippen LogP contribution in [0.4, 0.5) is 0 Å². The van der Waals surface area contributed by atoms with Gasteiger partial charge in [-0.15, -0.1) is 0 Å². The van der Waals surface area contributed by atoms with Crippen molar-refractivity contribution in [3.05, 3.63) is 35.5 Å². The Hall–Kier alpha value is -1.44. The van der Waals surface area contributed by atoms with Gasteiger partial charge in [0, 0.05) is 35.7 Å². The minimum Gasteiger partial charge on any atom is -0.300 e. The molecule has 86 valence electrons. The third-order valence-corrected chi connectivity index (χ3v) is 4.83. The maximum atomic E-state index is 12.0. The summed E-state index contributed by atoms with van der Waals surface area (Å²) in [5.41, 5.74) is 2.22. The molecule has 3 atom stereocenters. The Bertz CT molecular complexity index is 535. The van der Waals surface area contributed by atoms with E-state index in [-0.39, 0.29) is 11.2 Å². The van der Waals surface area contributed by atoms with Crippen molar-refractivity contribution < 1.29 is 9.59 Å². The van der Waals surface area contributed by atoms with E-state index in [0.29, 0.717) is 30.5 Å². The monoisotopic (exact) mass is 226 g/mol. The number of fused-ring (bicyclic) bond motifs is 5. The van der Waals surface area contributed by atoms with Crippen LogP contribution in [0, 0.1) is 17.3 Å². The maximum absolute atomic E-state index is 12.0. The first-order valence-electron chi connectivity index (χ1n) is 6.38. The van der Waals surface area contributed by atoms with Crippen molar-refractivity contribution in [1.29, 1.82) is 0 Å². The molecule has 4 aliphatic carbocycles. The highest BCUT2D eigenvalue weighted by atomic mass is 16.1. The second-order valence-electron chi connectivity index (χ2n) is 5.73. The molecule has 1 fully saturated rings. The van der Waals surface area contributed by atoms with Gasteiger partial charge in [0.2, 0.25) is 0 Å². The molecule has 0 amide bonds. The summed E-state index contributed by atoms with van der Waals surface area (Å²) in [5, 5.41) is 0. The number of rotatable bonds is 0. The second kappa shape index (κ2) is 2.87. The fourth-order valence-electron chi connectivity index (χ4n) is 4.16. The molecule has 17 heavy (non-hydrogen) atoms. The van der Waals surface area contributed by atoms with E-state index in [0.717, 1.165) is 18.4 Å². The third-order valence-electron chi connectivity index (χ3n) is 4.83. The van der Waals surface area contributed by atoms with Crippen molar-refractivity contribution >= 4 is 11.6 Å². The molecule has 0 radical (unpaired) electrons. The molecule has 4 rings (SSSR count). The standard InChI is InChI=1S/C15H14O2/c16-11-3-5-15(8-11)6-4-12(17)13-9-1-2-10(7-9)14(13)15/h1-2,4,6,9-10H,3,5,7-8H2/t9-,10+,15+/m1/s1. The average Bonchev–Trinajstić information content (AvgIpc) is 2.99. The lowest BCUT2D eigenvalue weighted by atomic mass is 9.69. The van der Waals surface area contributed by atoms with Gasteiger partial charge in [0.25, 0.3) is 0 Å². The molecule has 2 bridgehead atoms. The number of Topliss-reactive ketones (excluding diaryl/α,β-unsaturated/α-hetero) is 1. The quantitative estimate of drug-likeness (QED) is 0.594. The van der Waals surface area contributed by atoms with E-state index in [2.05, 4.69) is 12.2 Å². The Labute approximate surface area is 100 Å². The molecule has 1 spiro atoms. The van der Waals surface area contributed by atoms with Crippen molar-refractivity contribution in [2.45, 2.75) is 25.7 Å². The molecule has 0 N–H and O–H groups in total. The Morgan fingerprint density at radius 2 is 2.00 bits per heavy atom.